The van der Waals surface area contributed by atoms with Crippen molar-refractivity contribution in [2.24, 2.45) is 11.3 Å². The van der Waals surface area contributed by atoms with Gasteiger partial charge >= 0.3 is 5.97 Å². The van der Waals surface area contributed by atoms with Gasteiger partial charge in [-0.2, -0.15) is 0 Å². The Balaban J connectivity index is 1.73. The topological polar surface area (TPSA) is 46.6 Å². The van der Waals surface area contributed by atoms with E-state index in [1.165, 1.54) is 22.3 Å². The highest BCUT2D eigenvalue weighted by Crippen LogP contribution is 2.28. The molecule has 0 bridgehead atoms. The molecule has 3 rings (SSSR count). The van der Waals surface area contributed by atoms with Crippen LogP contribution < -0.4 is 0 Å². The Morgan fingerprint density at radius 3 is 2.41 bits per heavy atom. The molecule has 4 heteroatoms. The fourth-order valence-electron chi connectivity index (χ4n) is 5.07. The molecule has 1 aromatic carbocycles. The molecule has 0 aromatic heterocycles. The van der Waals surface area contributed by atoms with Gasteiger partial charge in [0.1, 0.15) is 12.1 Å². The summed E-state index contributed by atoms with van der Waals surface area (Å²) in [4.78, 5) is 28.2. The van der Waals surface area contributed by atoms with Crippen molar-refractivity contribution in [1.82, 2.24) is 4.90 Å². The number of likely N-dealkylation sites (tertiary alicyclic amines) is 1. The number of amides is 1. The van der Waals surface area contributed by atoms with E-state index < -0.39 is 6.04 Å². The average Bonchev–Trinajstić information content (AvgIpc) is 2.79. The zero-order valence-electron chi connectivity index (χ0n) is 22.0. The molecular formula is C30H43NO3. The summed E-state index contributed by atoms with van der Waals surface area (Å²) in [6.07, 6.45) is 13.8. The molecule has 2 aliphatic rings. The Labute approximate surface area is 206 Å². The zero-order chi connectivity index (χ0) is 24.9. The second-order valence-electron chi connectivity index (χ2n) is 11.4. The van der Waals surface area contributed by atoms with Crippen LogP contribution in [0.15, 0.2) is 36.4 Å². The minimum Gasteiger partial charge on any atom is -0.460 e. The Hall–Kier alpha value is -2.36. The second kappa shape index (κ2) is 11.4. The molecule has 1 aromatic rings. The van der Waals surface area contributed by atoms with Crippen molar-refractivity contribution < 1.29 is 14.3 Å². The number of aryl methyl sites for hydroxylation is 3. The van der Waals surface area contributed by atoms with Gasteiger partial charge in [-0.1, -0.05) is 57.2 Å². The number of benzene rings is 1. The van der Waals surface area contributed by atoms with Crippen LogP contribution in [0.5, 0.6) is 0 Å². The maximum absolute atomic E-state index is 13.4. The minimum atomic E-state index is -0.460. The zero-order valence-corrected chi connectivity index (χ0v) is 22.0. The first-order valence-corrected chi connectivity index (χ1v) is 12.9. The summed E-state index contributed by atoms with van der Waals surface area (Å²) in [6, 6.07) is 4.05. The van der Waals surface area contributed by atoms with Crippen LogP contribution in [-0.4, -0.2) is 35.5 Å². The van der Waals surface area contributed by atoms with E-state index in [0.717, 1.165) is 32.1 Å². The summed E-state index contributed by atoms with van der Waals surface area (Å²) in [7, 11) is 0. The van der Waals surface area contributed by atoms with E-state index >= 15 is 0 Å². The lowest BCUT2D eigenvalue weighted by Crippen LogP contribution is -2.50. The van der Waals surface area contributed by atoms with Gasteiger partial charge in [0.25, 0.3) is 0 Å². The number of rotatable bonds is 7. The number of esters is 1. The fourth-order valence-corrected chi connectivity index (χ4v) is 5.07. The van der Waals surface area contributed by atoms with Crippen LogP contribution in [-0.2, 0) is 20.7 Å². The number of nitrogens with zero attached hydrogens (tertiary/aromatic N) is 1. The van der Waals surface area contributed by atoms with E-state index in [-0.39, 0.29) is 29.3 Å². The van der Waals surface area contributed by atoms with Crippen molar-refractivity contribution in [1.29, 1.82) is 0 Å². The predicted molar refractivity (Wildman–Crippen MR) is 139 cm³/mol. The number of ether oxygens (including phenoxy) is 1. The summed E-state index contributed by atoms with van der Waals surface area (Å²) in [5.41, 5.74) is 5.13. The van der Waals surface area contributed by atoms with E-state index in [9.17, 15) is 9.59 Å². The first-order chi connectivity index (χ1) is 16.0. The predicted octanol–water partition coefficient (Wildman–Crippen LogP) is 6.41. The van der Waals surface area contributed by atoms with Gasteiger partial charge in [0.2, 0.25) is 5.91 Å². The summed E-state index contributed by atoms with van der Waals surface area (Å²) in [6.45, 7) is 13.3. The monoisotopic (exact) mass is 465 g/mol. The maximum atomic E-state index is 13.4. The van der Waals surface area contributed by atoms with Crippen LogP contribution in [0.4, 0.5) is 0 Å². The van der Waals surface area contributed by atoms with E-state index in [0.29, 0.717) is 19.4 Å². The molecule has 0 spiro atoms. The number of allylic oxidation sites excluding steroid dienone is 3. The van der Waals surface area contributed by atoms with Crippen LogP contribution in [0.3, 0.4) is 0 Å². The van der Waals surface area contributed by atoms with Crippen molar-refractivity contribution in [3.63, 3.8) is 0 Å². The van der Waals surface area contributed by atoms with Gasteiger partial charge in [0, 0.05) is 18.9 Å². The molecule has 186 valence electrons. The van der Waals surface area contributed by atoms with Gasteiger partial charge in [-0.05, 0) is 87.0 Å². The molecule has 0 N–H and O–H groups in total. The van der Waals surface area contributed by atoms with Gasteiger partial charge in [-0.3, -0.25) is 4.79 Å². The second-order valence-corrected chi connectivity index (χ2v) is 11.4. The number of carbonyl (C=O) groups excluding carboxylic acids is 2. The maximum Gasteiger partial charge on any atom is 0.329 e. The van der Waals surface area contributed by atoms with Crippen LogP contribution in [0.2, 0.25) is 0 Å². The molecule has 34 heavy (non-hydrogen) atoms. The lowest BCUT2D eigenvalue weighted by atomic mass is 9.89. The molecule has 1 saturated heterocycles. The quantitative estimate of drug-likeness (QED) is 0.437. The third kappa shape index (κ3) is 7.07. The highest BCUT2D eigenvalue weighted by atomic mass is 16.5. The van der Waals surface area contributed by atoms with Crippen molar-refractivity contribution >= 4 is 11.9 Å². The van der Waals surface area contributed by atoms with Gasteiger partial charge in [0.15, 0.2) is 0 Å². The van der Waals surface area contributed by atoms with Crippen LogP contribution in [0, 0.1) is 32.1 Å². The van der Waals surface area contributed by atoms with E-state index in [2.05, 4.69) is 78.0 Å². The van der Waals surface area contributed by atoms with Gasteiger partial charge in [-0.25, -0.2) is 4.79 Å². The van der Waals surface area contributed by atoms with Gasteiger partial charge in [-0.15, -0.1) is 0 Å². The molecule has 4 nitrogen and oxygen atoms in total. The highest BCUT2D eigenvalue weighted by molar-refractivity contribution is 5.85. The number of hydrogen-bond donors (Lipinski definition) is 0. The normalized spacial score (nSPS) is 21.4. The fraction of sp³-hybridized carbons (Fsp3) is 0.600. The van der Waals surface area contributed by atoms with E-state index in [4.69, 9.17) is 4.74 Å². The molecule has 1 fully saturated rings. The number of carbonyl (C=O) groups is 2. The van der Waals surface area contributed by atoms with Gasteiger partial charge < -0.3 is 9.64 Å². The first kappa shape index (κ1) is 26.2. The van der Waals surface area contributed by atoms with Crippen LogP contribution in [0.25, 0.3) is 0 Å². The molecule has 1 aliphatic carbocycles. The molecule has 1 unspecified atom stereocenters. The standard InChI is InChI=1S/C30H43NO3/c1-21-18-24(19-22(2)23(21)3)15-16-27(25-12-8-7-9-13-25)34-29(33)26-14-10-11-17-31(26)28(32)20-30(4,5)6/h7-9,12,18-19,25-27H,10-11,13-17,20H2,1-6H3/t25?,26-,27+/m0/s1. The van der Waals surface area contributed by atoms with Crippen LogP contribution >= 0.6 is 0 Å². The van der Waals surface area contributed by atoms with Crippen molar-refractivity contribution in [3.05, 3.63) is 58.7 Å². The van der Waals surface area contributed by atoms with E-state index in [1.807, 2.05) is 0 Å². The molecule has 0 radical (unpaired) electrons. The largest absolute Gasteiger partial charge is 0.460 e. The third-order valence-corrected chi connectivity index (χ3v) is 7.24. The average molecular weight is 466 g/mol. The van der Waals surface area contributed by atoms with Crippen LogP contribution in [0.1, 0.15) is 81.5 Å². The van der Waals surface area contributed by atoms with Crippen molar-refractivity contribution in [2.75, 3.05) is 6.54 Å². The smallest absolute Gasteiger partial charge is 0.329 e. The summed E-state index contributed by atoms with van der Waals surface area (Å²) in [5.74, 6) is 0.00638. The first-order valence-electron chi connectivity index (χ1n) is 12.9. The SMILES string of the molecule is Cc1cc(CC[C@@H](OC(=O)[C@@H]2CCCCN2C(=O)CC(C)(C)C)C2C=CC=CC2)cc(C)c1C. The summed E-state index contributed by atoms with van der Waals surface area (Å²) < 4.78 is 6.23. The minimum absolute atomic E-state index is 0.0665. The van der Waals surface area contributed by atoms with Gasteiger partial charge in [0.05, 0.1) is 0 Å². The van der Waals surface area contributed by atoms with E-state index in [1.54, 1.807) is 4.90 Å². The summed E-state index contributed by atoms with van der Waals surface area (Å²) >= 11 is 0. The molecule has 0 saturated carbocycles. The number of piperidine rings is 1. The molecule has 3 atom stereocenters. The lowest BCUT2D eigenvalue weighted by molar-refractivity contribution is -0.164. The summed E-state index contributed by atoms with van der Waals surface area (Å²) in [5, 5.41) is 0. The molecule has 1 heterocycles. The lowest BCUT2D eigenvalue weighted by Gasteiger charge is -2.37. The third-order valence-electron chi connectivity index (χ3n) is 7.24. The Morgan fingerprint density at radius 1 is 1.09 bits per heavy atom. The molecule has 1 amide bonds. The van der Waals surface area contributed by atoms with Crippen molar-refractivity contribution in [3.8, 4) is 0 Å². The molecule has 1 aliphatic heterocycles. The highest BCUT2D eigenvalue weighted by Gasteiger charge is 2.36. The Bertz CT molecular complexity index is 914. The Kier molecular flexibility index (Phi) is 8.78. The van der Waals surface area contributed by atoms with Crippen molar-refractivity contribution in [2.45, 2.75) is 98.6 Å². The molecular weight excluding hydrogens is 422 g/mol. The Morgan fingerprint density at radius 2 is 1.79 bits per heavy atom. The number of hydrogen-bond acceptors (Lipinski definition) is 3.